The van der Waals surface area contributed by atoms with Crippen LogP contribution in [0.1, 0.15) is 18.1 Å². The average molecular weight is 260 g/mol. The molecule has 0 radical (unpaired) electrons. The van der Waals surface area contributed by atoms with Gasteiger partial charge in [0.1, 0.15) is 12.4 Å². The predicted molar refractivity (Wildman–Crippen MR) is 65.4 cm³/mol. The van der Waals surface area contributed by atoms with Crippen LogP contribution in [0, 0.1) is 13.8 Å². The first-order chi connectivity index (χ1) is 6.11. The molecule has 0 saturated heterocycles. The lowest BCUT2D eigenvalue weighted by Crippen LogP contribution is -2.24. The summed E-state index contributed by atoms with van der Waals surface area (Å²) in [6.45, 7) is 6.60. The number of benzene rings is 1. The number of aryl methyl sites for hydroxylation is 2. The van der Waals surface area contributed by atoms with Gasteiger partial charge in [0.25, 0.3) is 0 Å². The van der Waals surface area contributed by atoms with Crippen LogP contribution in [0.2, 0.25) is 0 Å². The highest BCUT2D eigenvalue weighted by Crippen LogP contribution is 2.22. The third-order valence-electron chi connectivity index (χ3n) is 1.90. The Balaban J connectivity index is 0.00000169. The van der Waals surface area contributed by atoms with Crippen LogP contribution >= 0.6 is 17.0 Å². The Bertz CT molecular complexity index is 266. The zero-order chi connectivity index (χ0) is 9.84. The molecule has 0 unspecified atom stereocenters. The van der Waals surface area contributed by atoms with Crippen molar-refractivity contribution in [3.8, 4) is 5.75 Å². The zero-order valence-corrected chi connectivity index (χ0v) is 10.6. The van der Waals surface area contributed by atoms with E-state index in [0.717, 1.165) is 5.75 Å². The van der Waals surface area contributed by atoms with Gasteiger partial charge in [-0.3, -0.25) is 0 Å². The van der Waals surface area contributed by atoms with Crippen molar-refractivity contribution in [1.29, 1.82) is 0 Å². The van der Waals surface area contributed by atoms with Crippen LogP contribution in [0.3, 0.4) is 0 Å². The number of rotatable bonds is 3. The van der Waals surface area contributed by atoms with Crippen LogP contribution in [-0.4, -0.2) is 12.6 Å². The Morgan fingerprint density at radius 2 is 1.79 bits per heavy atom. The van der Waals surface area contributed by atoms with Gasteiger partial charge in [-0.25, -0.2) is 0 Å². The molecule has 1 rings (SSSR count). The monoisotopic (exact) mass is 259 g/mol. The molecule has 0 amide bonds. The maximum atomic E-state index is 5.62. The van der Waals surface area contributed by atoms with E-state index in [1.807, 2.05) is 39.0 Å². The summed E-state index contributed by atoms with van der Waals surface area (Å²) in [6, 6.07) is 6.20. The summed E-state index contributed by atoms with van der Waals surface area (Å²) in [6.07, 6.45) is 0. The second-order valence-corrected chi connectivity index (χ2v) is 3.51. The maximum absolute atomic E-state index is 5.62. The van der Waals surface area contributed by atoms with Crippen molar-refractivity contribution in [1.82, 2.24) is 0 Å². The molecule has 3 heteroatoms. The molecular weight excluding hydrogens is 242 g/mol. The van der Waals surface area contributed by atoms with Gasteiger partial charge in [0.15, 0.2) is 0 Å². The van der Waals surface area contributed by atoms with E-state index in [1.165, 1.54) is 11.1 Å². The van der Waals surface area contributed by atoms with Crippen LogP contribution in [0.15, 0.2) is 18.2 Å². The molecule has 0 saturated carbocycles. The third-order valence-corrected chi connectivity index (χ3v) is 1.90. The molecule has 0 heterocycles. The molecule has 0 aliphatic heterocycles. The fourth-order valence-corrected chi connectivity index (χ4v) is 1.24. The smallest absolute Gasteiger partial charge is 0.125 e. The summed E-state index contributed by atoms with van der Waals surface area (Å²) in [7, 11) is 0. The molecule has 0 spiro atoms. The number of para-hydroxylation sites is 1. The molecule has 0 aliphatic rings. The van der Waals surface area contributed by atoms with Crippen molar-refractivity contribution in [3.63, 3.8) is 0 Å². The highest BCUT2D eigenvalue weighted by atomic mass is 79.9. The van der Waals surface area contributed by atoms with Gasteiger partial charge in [0.05, 0.1) is 0 Å². The van der Waals surface area contributed by atoms with Crippen molar-refractivity contribution >= 4 is 17.0 Å². The lowest BCUT2D eigenvalue weighted by atomic mass is 10.1. The van der Waals surface area contributed by atoms with Crippen LogP contribution in [-0.2, 0) is 0 Å². The molecule has 2 nitrogen and oxygen atoms in total. The van der Waals surface area contributed by atoms with Gasteiger partial charge in [-0.05, 0) is 31.9 Å². The van der Waals surface area contributed by atoms with Gasteiger partial charge in [-0.1, -0.05) is 18.2 Å². The number of ether oxygens (including phenoxy) is 1. The molecular formula is C11H18BrNO. The van der Waals surface area contributed by atoms with Crippen LogP contribution in [0.5, 0.6) is 5.75 Å². The van der Waals surface area contributed by atoms with Gasteiger partial charge in [0.2, 0.25) is 0 Å². The minimum Gasteiger partial charge on any atom is -0.491 e. The van der Waals surface area contributed by atoms with Crippen molar-refractivity contribution in [2.45, 2.75) is 26.8 Å². The first kappa shape index (κ1) is 13.5. The van der Waals surface area contributed by atoms with Crippen LogP contribution in [0.25, 0.3) is 0 Å². The number of halogens is 1. The van der Waals surface area contributed by atoms with Gasteiger partial charge in [0, 0.05) is 6.04 Å². The quantitative estimate of drug-likeness (QED) is 0.906. The average Bonchev–Trinajstić information content (AvgIpc) is 2.03. The Kier molecular flexibility index (Phi) is 5.81. The summed E-state index contributed by atoms with van der Waals surface area (Å²) in [5.74, 6) is 0.972. The van der Waals surface area contributed by atoms with Crippen molar-refractivity contribution in [3.05, 3.63) is 29.3 Å². The Morgan fingerprint density at radius 1 is 1.29 bits per heavy atom. The lowest BCUT2D eigenvalue weighted by molar-refractivity contribution is 0.292. The fraction of sp³-hybridized carbons (Fsp3) is 0.455. The van der Waals surface area contributed by atoms with Crippen molar-refractivity contribution in [2.75, 3.05) is 6.61 Å². The number of hydrogen-bond donors (Lipinski definition) is 1. The molecule has 1 aromatic carbocycles. The van der Waals surface area contributed by atoms with E-state index < -0.39 is 0 Å². The summed E-state index contributed by atoms with van der Waals surface area (Å²) in [5.41, 5.74) is 7.95. The minimum absolute atomic E-state index is 0. The summed E-state index contributed by atoms with van der Waals surface area (Å²) < 4.78 is 5.60. The van der Waals surface area contributed by atoms with Crippen molar-refractivity contribution < 1.29 is 4.74 Å². The lowest BCUT2D eigenvalue weighted by Gasteiger charge is -2.13. The van der Waals surface area contributed by atoms with Crippen LogP contribution in [0.4, 0.5) is 0 Å². The Labute approximate surface area is 96.2 Å². The third kappa shape index (κ3) is 3.68. The fourth-order valence-electron chi connectivity index (χ4n) is 1.24. The van der Waals surface area contributed by atoms with E-state index in [2.05, 4.69) is 0 Å². The van der Waals surface area contributed by atoms with Gasteiger partial charge in [-0.2, -0.15) is 0 Å². The molecule has 0 aromatic heterocycles. The van der Waals surface area contributed by atoms with E-state index in [0.29, 0.717) is 6.61 Å². The molecule has 0 bridgehead atoms. The van der Waals surface area contributed by atoms with E-state index in [-0.39, 0.29) is 23.0 Å². The summed E-state index contributed by atoms with van der Waals surface area (Å²) in [5, 5.41) is 0. The summed E-state index contributed by atoms with van der Waals surface area (Å²) >= 11 is 0. The normalized spacial score (nSPS) is 11.7. The zero-order valence-electron chi connectivity index (χ0n) is 8.91. The number of nitrogens with two attached hydrogens (primary N) is 1. The van der Waals surface area contributed by atoms with Gasteiger partial charge < -0.3 is 10.5 Å². The number of hydrogen-bond acceptors (Lipinski definition) is 2. The minimum atomic E-state index is 0. The Morgan fingerprint density at radius 3 is 2.21 bits per heavy atom. The SMILES string of the molecule is Br.Cc1cccc(C)c1OC[C@H](C)N. The van der Waals surface area contributed by atoms with E-state index in [1.54, 1.807) is 0 Å². The second-order valence-electron chi connectivity index (χ2n) is 3.51. The van der Waals surface area contributed by atoms with E-state index in [9.17, 15) is 0 Å². The van der Waals surface area contributed by atoms with Gasteiger partial charge >= 0.3 is 0 Å². The van der Waals surface area contributed by atoms with Gasteiger partial charge in [-0.15, -0.1) is 17.0 Å². The first-order valence-electron chi connectivity index (χ1n) is 4.56. The van der Waals surface area contributed by atoms with E-state index >= 15 is 0 Å². The second kappa shape index (κ2) is 6.04. The van der Waals surface area contributed by atoms with Crippen molar-refractivity contribution in [2.24, 2.45) is 5.73 Å². The largest absolute Gasteiger partial charge is 0.491 e. The topological polar surface area (TPSA) is 35.2 Å². The molecule has 80 valence electrons. The molecule has 0 aliphatic carbocycles. The molecule has 1 aromatic rings. The first-order valence-corrected chi connectivity index (χ1v) is 4.56. The van der Waals surface area contributed by atoms with Crippen LogP contribution < -0.4 is 10.5 Å². The highest BCUT2D eigenvalue weighted by molar-refractivity contribution is 8.93. The maximum Gasteiger partial charge on any atom is 0.125 e. The predicted octanol–water partition coefficient (Wildman–Crippen LogP) is 2.61. The Hall–Kier alpha value is -0.540. The molecule has 0 fully saturated rings. The van der Waals surface area contributed by atoms with E-state index in [4.69, 9.17) is 10.5 Å². The molecule has 2 N–H and O–H groups in total. The highest BCUT2D eigenvalue weighted by Gasteiger charge is 2.03. The standard InChI is InChI=1S/C11H17NO.BrH/c1-8-5-4-6-9(2)11(8)13-7-10(3)12;/h4-6,10H,7,12H2,1-3H3;1H/t10-;/m0./s1. The molecule has 1 atom stereocenters. The summed E-state index contributed by atoms with van der Waals surface area (Å²) in [4.78, 5) is 0. The molecule has 14 heavy (non-hydrogen) atoms.